The van der Waals surface area contributed by atoms with Gasteiger partial charge in [-0.15, -0.1) is 0 Å². The molecule has 1 fully saturated rings. The van der Waals surface area contributed by atoms with E-state index in [-0.39, 0.29) is 11.8 Å². The second-order valence-corrected chi connectivity index (χ2v) is 6.53. The van der Waals surface area contributed by atoms with Crippen LogP contribution in [0.4, 0.5) is 5.69 Å². The fourth-order valence-corrected chi connectivity index (χ4v) is 3.05. The third-order valence-electron chi connectivity index (χ3n) is 4.18. The lowest BCUT2D eigenvalue weighted by atomic mass is 9.92. The topological polar surface area (TPSA) is 50.4 Å². The number of hydrogen-bond acceptors (Lipinski definition) is 3. The number of piperidine rings is 1. The Labute approximate surface area is 147 Å². The Morgan fingerprint density at radius 2 is 1.96 bits per heavy atom. The van der Waals surface area contributed by atoms with E-state index in [1.54, 1.807) is 6.07 Å². The van der Waals surface area contributed by atoms with Gasteiger partial charge >= 0.3 is 0 Å². The van der Waals surface area contributed by atoms with Gasteiger partial charge in [0.05, 0.1) is 5.02 Å². The molecule has 2 aromatic carbocycles. The molecule has 1 saturated heterocycles. The summed E-state index contributed by atoms with van der Waals surface area (Å²) in [7, 11) is 0. The van der Waals surface area contributed by atoms with Gasteiger partial charge < -0.3 is 15.4 Å². The molecule has 0 unspecified atom stereocenters. The minimum atomic E-state index is 0.0697. The van der Waals surface area contributed by atoms with Gasteiger partial charge in [-0.3, -0.25) is 4.79 Å². The standard InChI is InChI=1S/C19H21ClN2O2/c1-13-12-14(10-11-21-13)19(23)22-15-6-8-16(9-7-15)24-18-5-3-2-4-17(18)20/h2-9,13-14,21H,10-12H2,1H3,(H,22,23)/t13-,14-/m0/s1. The monoisotopic (exact) mass is 344 g/mol. The summed E-state index contributed by atoms with van der Waals surface area (Å²) in [5, 5.41) is 6.91. The van der Waals surface area contributed by atoms with Gasteiger partial charge in [0, 0.05) is 17.6 Å². The van der Waals surface area contributed by atoms with Gasteiger partial charge in [-0.2, -0.15) is 0 Å². The van der Waals surface area contributed by atoms with Crippen molar-refractivity contribution in [3.8, 4) is 11.5 Å². The molecule has 4 nitrogen and oxygen atoms in total. The van der Waals surface area contributed by atoms with Crippen molar-refractivity contribution in [1.82, 2.24) is 5.32 Å². The molecule has 1 heterocycles. The number of para-hydroxylation sites is 1. The molecule has 1 aliphatic rings. The summed E-state index contributed by atoms with van der Waals surface area (Å²) in [6.45, 7) is 3.00. The fraction of sp³-hybridized carbons (Fsp3) is 0.316. The number of rotatable bonds is 4. The number of carbonyl (C=O) groups is 1. The third kappa shape index (κ3) is 4.28. The van der Waals surface area contributed by atoms with Gasteiger partial charge in [0.25, 0.3) is 0 Å². The highest BCUT2D eigenvalue weighted by Crippen LogP contribution is 2.29. The zero-order chi connectivity index (χ0) is 16.9. The zero-order valence-corrected chi connectivity index (χ0v) is 14.3. The fourth-order valence-electron chi connectivity index (χ4n) is 2.88. The van der Waals surface area contributed by atoms with Crippen LogP contribution >= 0.6 is 11.6 Å². The van der Waals surface area contributed by atoms with Crippen LogP contribution in [-0.2, 0) is 4.79 Å². The Morgan fingerprint density at radius 1 is 1.21 bits per heavy atom. The largest absolute Gasteiger partial charge is 0.456 e. The lowest BCUT2D eigenvalue weighted by molar-refractivity contribution is -0.120. The summed E-state index contributed by atoms with van der Waals surface area (Å²) in [4.78, 5) is 12.3. The van der Waals surface area contributed by atoms with Crippen molar-refractivity contribution in [1.29, 1.82) is 0 Å². The van der Waals surface area contributed by atoms with E-state index in [4.69, 9.17) is 16.3 Å². The number of halogens is 1. The summed E-state index contributed by atoms with van der Waals surface area (Å²) in [6, 6.07) is 15.0. The maximum atomic E-state index is 12.3. The number of ether oxygens (including phenoxy) is 1. The summed E-state index contributed by atoms with van der Waals surface area (Å²) >= 11 is 6.08. The van der Waals surface area contributed by atoms with E-state index in [1.807, 2.05) is 42.5 Å². The van der Waals surface area contributed by atoms with E-state index < -0.39 is 0 Å². The molecule has 0 radical (unpaired) electrons. The molecule has 5 heteroatoms. The van der Waals surface area contributed by atoms with Crippen molar-refractivity contribution in [2.24, 2.45) is 5.92 Å². The first-order chi connectivity index (χ1) is 11.6. The molecule has 0 spiro atoms. The molecule has 1 amide bonds. The molecule has 126 valence electrons. The maximum absolute atomic E-state index is 12.3. The Morgan fingerprint density at radius 3 is 2.67 bits per heavy atom. The number of carbonyl (C=O) groups excluding carboxylic acids is 1. The molecule has 2 N–H and O–H groups in total. The lowest BCUT2D eigenvalue weighted by Gasteiger charge is -2.27. The summed E-state index contributed by atoms with van der Waals surface area (Å²) < 4.78 is 5.75. The molecule has 0 aliphatic carbocycles. The molecule has 24 heavy (non-hydrogen) atoms. The molecule has 0 aromatic heterocycles. The van der Waals surface area contributed by atoms with Crippen LogP contribution in [0.5, 0.6) is 11.5 Å². The van der Waals surface area contributed by atoms with Crippen molar-refractivity contribution >= 4 is 23.2 Å². The van der Waals surface area contributed by atoms with E-state index >= 15 is 0 Å². The van der Waals surface area contributed by atoms with Gasteiger partial charge in [0.1, 0.15) is 11.5 Å². The summed E-state index contributed by atoms with van der Waals surface area (Å²) in [5.41, 5.74) is 0.776. The van der Waals surface area contributed by atoms with Crippen LogP contribution in [0.3, 0.4) is 0 Å². The van der Waals surface area contributed by atoms with E-state index in [9.17, 15) is 4.79 Å². The van der Waals surface area contributed by atoms with Gasteiger partial charge in [-0.1, -0.05) is 23.7 Å². The van der Waals surface area contributed by atoms with Crippen LogP contribution in [0.25, 0.3) is 0 Å². The first kappa shape index (κ1) is 16.8. The van der Waals surface area contributed by atoms with Gasteiger partial charge in [0.15, 0.2) is 0 Å². The average molecular weight is 345 g/mol. The third-order valence-corrected chi connectivity index (χ3v) is 4.49. The van der Waals surface area contributed by atoms with Crippen molar-refractivity contribution in [2.45, 2.75) is 25.8 Å². The number of anilines is 1. The zero-order valence-electron chi connectivity index (χ0n) is 13.6. The Kier molecular flexibility index (Phi) is 5.38. The van der Waals surface area contributed by atoms with Crippen molar-refractivity contribution in [3.05, 3.63) is 53.6 Å². The highest BCUT2D eigenvalue weighted by molar-refractivity contribution is 6.32. The van der Waals surface area contributed by atoms with Gasteiger partial charge in [-0.25, -0.2) is 0 Å². The number of hydrogen-bond donors (Lipinski definition) is 2. The Balaban J connectivity index is 1.60. The molecule has 2 aromatic rings. The normalized spacial score (nSPS) is 20.4. The first-order valence-electron chi connectivity index (χ1n) is 8.18. The second-order valence-electron chi connectivity index (χ2n) is 6.12. The van der Waals surface area contributed by atoms with Gasteiger partial charge in [0.2, 0.25) is 5.91 Å². The van der Waals surface area contributed by atoms with Crippen LogP contribution in [0.1, 0.15) is 19.8 Å². The van der Waals surface area contributed by atoms with E-state index in [1.165, 1.54) is 0 Å². The Hall–Kier alpha value is -2.04. The smallest absolute Gasteiger partial charge is 0.227 e. The number of nitrogens with one attached hydrogen (secondary N) is 2. The molecule has 1 aliphatic heterocycles. The van der Waals surface area contributed by atoms with Crippen molar-refractivity contribution in [3.63, 3.8) is 0 Å². The summed E-state index contributed by atoms with van der Waals surface area (Å²) in [5.74, 6) is 1.44. The van der Waals surface area contributed by atoms with E-state index in [0.717, 1.165) is 25.1 Å². The molecule has 2 atom stereocenters. The second kappa shape index (κ2) is 7.69. The van der Waals surface area contributed by atoms with Gasteiger partial charge in [-0.05, 0) is 62.7 Å². The predicted octanol–water partition coefficient (Wildman–Crippen LogP) is 4.46. The minimum absolute atomic E-state index is 0.0697. The highest BCUT2D eigenvalue weighted by Gasteiger charge is 2.24. The molecule has 0 saturated carbocycles. The quantitative estimate of drug-likeness (QED) is 0.861. The van der Waals surface area contributed by atoms with Crippen molar-refractivity contribution < 1.29 is 9.53 Å². The highest BCUT2D eigenvalue weighted by atomic mass is 35.5. The number of amides is 1. The predicted molar refractivity (Wildman–Crippen MR) is 96.8 cm³/mol. The SMILES string of the molecule is C[C@H]1C[C@@H](C(=O)Nc2ccc(Oc3ccccc3Cl)cc2)CCN1. The number of benzene rings is 2. The van der Waals surface area contributed by atoms with Crippen molar-refractivity contribution in [2.75, 3.05) is 11.9 Å². The lowest BCUT2D eigenvalue weighted by Crippen LogP contribution is -2.40. The summed E-state index contributed by atoms with van der Waals surface area (Å²) in [6.07, 6.45) is 1.75. The van der Waals surface area contributed by atoms with Crippen LogP contribution in [0, 0.1) is 5.92 Å². The van der Waals surface area contributed by atoms with Crippen LogP contribution < -0.4 is 15.4 Å². The molecular weight excluding hydrogens is 324 g/mol. The van der Waals surface area contributed by atoms with E-state index in [2.05, 4.69) is 17.6 Å². The van der Waals surface area contributed by atoms with Crippen LogP contribution in [0.15, 0.2) is 48.5 Å². The van der Waals surface area contributed by atoms with Crippen LogP contribution in [-0.4, -0.2) is 18.5 Å². The maximum Gasteiger partial charge on any atom is 0.227 e. The molecule has 0 bridgehead atoms. The molecule has 3 rings (SSSR count). The molecular formula is C19H21ClN2O2. The first-order valence-corrected chi connectivity index (χ1v) is 8.56. The minimum Gasteiger partial charge on any atom is -0.456 e. The Bertz CT molecular complexity index is 703. The van der Waals surface area contributed by atoms with E-state index in [0.29, 0.717) is 22.6 Å². The average Bonchev–Trinajstić information content (AvgIpc) is 2.58. The van der Waals surface area contributed by atoms with Crippen LogP contribution in [0.2, 0.25) is 5.02 Å².